The molecular formula is C16H12IN3O3. The molecule has 0 saturated heterocycles. The number of aromatic nitrogens is 2. The van der Waals surface area contributed by atoms with Crippen LogP contribution in [0, 0.1) is 3.57 Å². The summed E-state index contributed by atoms with van der Waals surface area (Å²) in [6.45, 7) is 0. The topological polar surface area (TPSA) is 77.3 Å². The first-order valence-corrected chi connectivity index (χ1v) is 7.79. The SMILES string of the molecule is COc1ccc(-c2nnc(NC(=O)c3ccccc3I)o2)cc1. The fourth-order valence-electron chi connectivity index (χ4n) is 1.93. The third-order valence-corrected chi connectivity index (χ3v) is 4.04. The molecule has 0 atom stereocenters. The minimum absolute atomic E-state index is 0.0560. The number of carbonyl (C=O) groups excluding carboxylic acids is 1. The Balaban J connectivity index is 1.76. The predicted molar refractivity (Wildman–Crippen MR) is 93.4 cm³/mol. The lowest BCUT2D eigenvalue weighted by Gasteiger charge is -2.02. The second-order valence-electron chi connectivity index (χ2n) is 4.57. The zero-order valence-corrected chi connectivity index (χ0v) is 14.3. The Bertz CT molecular complexity index is 831. The second kappa shape index (κ2) is 6.78. The van der Waals surface area contributed by atoms with Crippen LogP contribution in [0.5, 0.6) is 5.75 Å². The summed E-state index contributed by atoms with van der Waals surface area (Å²) in [5.41, 5.74) is 1.30. The first-order chi connectivity index (χ1) is 11.2. The monoisotopic (exact) mass is 421 g/mol. The van der Waals surface area contributed by atoms with Crippen molar-refractivity contribution in [3.8, 4) is 17.2 Å². The molecule has 2 aromatic carbocycles. The molecule has 0 saturated carbocycles. The van der Waals surface area contributed by atoms with E-state index in [0.29, 0.717) is 11.5 Å². The van der Waals surface area contributed by atoms with Gasteiger partial charge in [-0.2, -0.15) is 0 Å². The molecule has 0 aliphatic heterocycles. The van der Waals surface area contributed by atoms with E-state index in [1.54, 1.807) is 43.5 Å². The van der Waals surface area contributed by atoms with Gasteiger partial charge in [-0.3, -0.25) is 10.1 Å². The summed E-state index contributed by atoms with van der Waals surface area (Å²) >= 11 is 2.10. The van der Waals surface area contributed by atoms with E-state index >= 15 is 0 Å². The lowest BCUT2D eigenvalue weighted by Crippen LogP contribution is -2.13. The molecule has 0 bridgehead atoms. The van der Waals surface area contributed by atoms with Gasteiger partial charge in [0.2, 0.25) is 5.89 Å². The molecule has 0 aliphatic rings. The molecule has 23 heavy (non-hydrogen) atoms. The van der Waals surface area contributed by atoms with E-state index in [4.69, 9.17) is 9.15 Å². The summed E-state index contributed by atoms with van der Waals surface area (Å²) in [5.74, 6) is 0.770. The summed E-state index contributed by atoms with van der Waals surface area (Å²) < 4.78 is 11.4. The molecule has 1 amide bonds. The van der Waals surface area contributed by atoms with E-state index in [1.807, 2.05) is 12.1 Å². The van der Waals surface area contributed by atoms with Crippen LogP contribution in [0.3, 0.4) is 0 Å². The molecule has 3 aromatic rings. The Hall–Kier alpha value is -2.42. The molecule has 0 aliphatic carbocycles. The van der Waals surface area contributed by atoms with Crippen LogP contribution < -0.4 is 10.1 Å². The number of hydrogen-bond donors (Lipinski definition) is 1. The first-order valence-electron chi connectivity index (χ1n) is 6.71. The number of nitrogens with zero attached hydrogens (tertiary/aromatic N) is 2. The minimum Gasteiger partial charge on any atom is -0.497 e. The molecule has 116 valence electrons. The van der Waals surface area contributed by atoms with E-state index < -0.39 is 0 Å². The summed E-state index contributed by atoms with van der Waals surface area (Å²) in [6, 6.07) is 14.5. The Labute approximate surface area is 146 Å². The van der Waals surface area contributed by atoms with E-state index in [2.05, 4.69) is 38.1 Å². The van der Waals surface area contributed by atoms with Crippen LogP contribution in [0.2, 0.25) is 0 Å². The number of rotatable bonds is 4. The number of methoxy groups -OCH3 is 1. The van der Waals surface area contributed by atoms with Crippen LogP contribution in [0.1, 0.15) is 10.4 Å². The van der Waals surface area contributed by atoms with Gasteiger partial charge >= 0.3 is 6.01 Å². The molecule has 0 unspecified atom stereocenters. The second-order valence-corrected chi connectivity index (χ2v) is 5.74. The summed E-state index contributed by atoms with van der Waals surface area (Å²) in [4.78, 5) is 12.2. The fourth-order valence-corrected chi connectivity index (χ4v) is 2.57. The summed E-state index contributed by atoms with van der Waals surface area (Å²) in [7, 11) is 1.60. The molecule has 0 fully saturated rings. The van der Waals surface area contributed by atoms with Crippen molar-refractivity contribution in [1.29, 1.82) is 0 Å². The molecular weight excluding hydrogens is 409 g/mol. The fraction of sp³-hybridized carbons (Fsp3) is 0.0625. The van der Waals surface area contributed by atoms with Gasteiger partial charge in [-0.05, 0) is 59.0 Å². The minimum atomic E-state index is -0.292. The summed E-state index contributed by atoms with van der Waals surface area (Å²) in [6.07, 6.45) is 0. The maximum atomic E-state index is 12.2. The number of nitrogens with one attached hydrogen (secondary N) is 1. The molecule has 0 spiro atoms. The largest absolute Gasteiger partial charge is 0.497 e. The summed E-state index contributed by atoms with van der Waals surface area (Å²) in [5, 5.41) is 10.4. The smallest absolute Gasteiger partial charge is 0.322 e. The van der Waals surface area contributed by atoms with Gasteiger partial charge in [-0.25, -0.2) is 0 Å². The van der Waals surface area contributed by atoms with Crippen molar-refractivity contribution >= 4 is 34.5 Å². The van der Waals surface area contributed by atoms with Crippen LogP contribution in [0.4, 0.5) is 6.01 Å². The van der Waals surface area contributed by atoms with Crippen LogP contribution in [0.15, 0.2) is 52.9 Å². The van der Waals surface area contributed by atoms with E-state index in [-0.39, 0.29) is 11.9 Å². The highest BCUT2D eigenvalue weighted by atomic mass is 127. The Kier molecular flexibility index (Phi) is 4.56. The van der Waals surface area contributed by atoms with Gasteiger partial charge in [0.15, 0.2) is 0 Å². The first kappa shape index (κ1) is 15.5. The third kappa shape index (κ3) is 3.50. The number of amides is 1. The number of benzene rings is 2. The lowest BCUT2D eigenvalue weighted by molar-refractivity contribution is 0.102. The van der Waals surface area contributed by atoms with Crippen LogP contribution in [0.25, 0.3) is 11.5 Å². The average molecular weight is 421 g/mol. The van der Waals surface area contributed by atoms with Gasteiger partial charge < -0.3 is 9.15 Å². The van der Waals surface area contributed by atoms with Crippen molar-refractivity contribution in [1.82, 2.24) is 10.2 Å². The van der Waals surface area contributed by atoms with E-state index in [0.717, 1.165) is 14.9 Å². The Morgan fingerprint density at radius 3 is 2.57 bits per heavy atom. The van der Waals surface area contributed by atoms with Crippen LogP contribution in [-0.4, -0.2) is 23.2 Å². The number of anilines is 1. The number of carbonyl (C=O) groups is 1. The molecule has 3 rings (SSSR count). The predicted octanol–water partition coefficient (Wildman–Crippen LogP) is 3.60. The van der Waals surface area contributed by atoms with Crippen molar-refractivity contribution in [2.24, 2.45) is 0 Å². The van der Waals surface area contributed by atoms with Crippen molar-refractivity contribution < 1.29 is 13.9 Å². The highest BCUT2D eigenvalue weighted by molar-refractivity contribution is 14.1. The van der Waals surface area contributed by atoms with E-state index in [1.165, 1.54) is 0 Å². The van der Waals surface area contributed by atoms with Crippen molar-refractivity contribution in [3.63, 3.8) is 0 Å². The quantitative estimate of drug-likeness (QED) is 0.652. The van der Waals surface area contributed by atoms with Gasteiger partial charge in [0.05, 0.1) is 12.7 Å². The normalized spacial score (nSPS) is 10.3. The van der Waals surface area contributed by atoms with Crippen LogP contribution >= 0.6 is 22.6 Å². The molecule has 7 heteroatoms. The van der Waals surface area contributed by atoms with Crippen molar-refractivity contribution in [2.45, 2.75) is 0 Å². The highest BCUT2D eigenvalue weighted by Crippen LogP contribution is 2.23. The zero-order valence-electron chi connectivity index (χ0n) is 12.1. The lowest BCUT2D eigenvalue weighted by atomic mass is 10.2. The van der Waals surface area contributed by atoms with Crippen molar-refractivity contribution in [3.05, 3.63) is 57.7 Å². The Morgan fingerprint density at radius 1 is 1.13 bits per heavy atom. The van der Waals surface area contributed by atoms with Gasteiger partial charge in [0, 0.05) is 9.13 Å². The van der Waals surface area contributed by atoms with E-state index in [9.17, 15) is 4.79 Å². The standard InChI is InChI=1S/C16H12IN3O3/c1-22-11-8-6-10(7-9-11)15-19-20-16(23-15)18-14(21)12-4-2-3-5-13(12)17/h2-9H,1H3,(H,18,20,21). The Morgan fingerprint density at radius 2 is 1.87 bits per heavy atom. The van der Waals surface area contributed by atoms with Gasteiger partial charge in [0.25, 0.3) is 5.91 Å². The molecule has 0 radical (unpaired) electrons. The number of halogens is 1. The highest BCUT2D eigenvalue weighted by Gasteiger charge is 2.14. The molecule has 1 N–H and O–H groups in total. The zero-order chi connectivity index (χ0) is 16.2. The molecule has 6 nitrogen and oxygen atoms in total. The number of ether oxygens (including phenoxy) is 1. The number of hydrogen-bond acceptors (Lipinski definition) is 5. The van der Waals surface area contributed by atoms with Crippen LogP contribution in [-0.2, 0) is 0 Å². The maximum Gasteiger partial charge on any atom is 0.322 e. The van der Waals surface area contributed by atoms with Gasteiger partial charge in [-0.1, -0.05) is 17.2 Å². The molecule has 1 heterocycles. The third-order valence-electron chi connectivity index (χ3n) is 3.10. The maximum absolute atomic E-state index is 12.2. The molecule has 1 aromatic heterocycles. The average Bonchev–Trinajstić information content (AvgIpc) is 3.03. The van der Waals surface area contributed by atoms with Crippen molar-refractivity contribution in [2.75, 3.05) is 12.4 Å². The van der Waals surface area contributed by atoms with Gasteiger partial charge in [-0.15, -0.1) is 5.10 Å². The van der Waals surface area contributed by atoms with Gasteiger partial charge in [0.1, 0.15) is 5.75 Å².